The third-order valence-electron chi connectivity index (χ3n) is 2.96. The smallest absolute Gasteiger partial charge is 0.252 e. The van der Waals surface area contributed by atoms with E-state index in [1.54, 1.807) is 36.8 Å². The number of ether oxygens (including phenoxy) is 1. The third-order valence-corrected chi connectivity index (χ3v) is 2.96. The Kier molecular flexibility index (Phi) is 4.73. The molecule has 1 atom stereocenters. The first-order valence-electron chi connectivity index (χ1n) is 6.33. The molecule has 3 N–H and O–H groups in total. The van der Waals surface area contributed by atoms with Crippen LogP contribution in [0.5, 0.6) is 0 Å². The molecule has 1 heterocycles. The predicted molar refractivity (Wildman–Crippen MR) is 76.5 cm³/mol. The molecule has 2 rings (SSSR count). The number of carbonyl (C=O) groups excluding carboxylic acids is 2. The van der Waals surface area contributed by atoms with Gasteiger partial charge in [-0.2, -0.15) is 0 Å². The van der Waals surface area contributed by atoms with Gasteiger partial charge in [-0.15, -0.1) is 0 Å². The molecule has 0 radical (unpaired) electrons. The van der Waals surface area contributed by atoms with Crippen LogP contribution in [-0.4, -0.2) is 31.6 Å². The Morgan fingerprint density at radius 2 is 2.14 bits per heavy atom. The van der Waals surface area contributed by atoms with E-state index in [-0.39, 0.29) is 12.5 Å². The molecule has 2 amide bonds. The maximum Gasteiger partial charge on any atom is 0.252 e. The van der Waals surface area contributed by atoms with Gasteiger partial charge in [0.25, 0.3) is 5.91 Å². The van der Waals surface area contributed by atoms with Crippen LogP contribution in [0.4, 0.5) is 0 Å². The van der Waals surface area contributed by atoms with Crippen molar-refractivity contribution in [2.45, 2.75) is 6.04 Å². The standard InChI is InChI=1S/C15H16N2O4/c1-20-9-13(14(16)18)17-15(19)11-4-2-3-10(7-11)12-5-6-21-8-12/h2-8,13H,9H2,1H3,(H2,16,18)(H,17,19). The maximum atomic E-state index is 12.2. The third kappa shape index (κ3) is 3.70. The van der Waals surface area contributed by atoms with Crippen LogP contribution in [0, 0.1) is 0 Å². The highest BCUT2D eigenvalue weighted by atomic mass is 16.5. The Balaban J connectivity index is 2.16. The summed E-state index contributed by atoms with van der Waals surface area (Å²) in [6.07, 6.45) is 3.15. The Hall–Kier alpha value is -2.60. The summed E-state index contributed by atoms with van der Waals surface area (Å²) in [6.45, 7) is 0.0303. The molecule has 1 aromatic heterocycles. The van der Waals surface area contributed by atoms with Crippen LogP contribution >= 0.6 is 0 Å². The lowest BCUT2D eigenvalue weighted by atomic mass is 10.1. The lowest BCUT2D eigenvalue weighted by molar-refractivity contribution is -0.121. The van der Waals surface area contributed by atoms with Gasteiger partial charge in [0.2, 0.25) is 5.91 Å². The van der Waals surface area contributed by atoms with E-state index in [9.17, 15) is 9.59 Å². The first-order valence-corrected chi connectivity index (χ1v) is 6.33. The molecule has 6 nitrogen and oxygen atoms in total. The number of hydrogen-bond acceptors (Lipinski definition) is 4. The molecule has 0 aliphatic carbocycles. The van der Waals surface area contributed by atoms with Crippen molar-refractivity contribution in [2.75, 3.05) is 13.7 Å². The first-order chi connectivity index (χ1) is 10.1. The summed E-state index contributed by atoms with van der Waals surface area (Å²) in [6, 6.07) is 7.93. The van der Waals surface area contributed by atoms with E-state index >= 15 is 0 Å². The molecular formula is C15H16N2O4. The fourth-order valence-electron chi connectivity index (χ4n) is 1.87. The molecule has 21 heavy (non-hydrogen) atoms. The van der Waals surface area contributed by atoms with Crippen LogP contribution < -0.4 is 11.1 Å². The summed E-state index contributed by atoms with van der Waals surface area (Å²) >= 11 is 0. The number of methoxy groups -OCH3 is 1. The molecule has 110 valence electrons. The Labute approximate surface area is 121 Å². The van der Waals surface area contributed by atoms with Gasteiger partial charge in [0.1, 0.15) is 6.04 Å². The van der Waals surface area contributed by atoms with E-state index in [2.05, 4.69) is 5.32 Å². The van der Waals surface area contributed by atoms with Crippen LogP contribution in [0.15, 0.2) is 47.3 Å². The number of furan rings is 1. The van der Waals surface area contributed by atoms with Crippen LogP contribution in [0.25, 0.3) is 11.1 Å². The molecule has 0 bridgehead atoms. The van der Waals surface area contributed by atoms with E-state index in [1.165, 1.54) is 7.11 Å². The van der Waals surface area contributed by atoms with Crippen molar-refractivity contribution >= 4 is 11.8 Å². The predicted octanol–water partition coefficient (Wildman–Crippen LogP) is 1.18. The van der Waals surface area contributed by atoms with E-state index in [0.717, 1.165) is 11.1 Å². The van der Waals surface area contributed by atoms with E-state index in [1.807, 2.05) is 6.07 Å². The Bertz CT molecular complexity index is 622. The second kappa shape index (κ2) is 6.71. The summed E-state index contributed by atoms with van der Waals surface area (Å²) in [5.41, 5.74) is 7.35. The SMILES string of the molecule is COCC(NC(=O)c1cccc(-c2ccoc2)c1)C(N)=O. The van der Waals surface area contributed by atoms with Crippen molar-refractivity contribution < 1.29 is 18.7 Å². The van der Waals surface area contributed by atoms with Crippen LogP contribution in [0.2, 0.25) is 0 Å². The van der Waals surface area contributed by atoms with Gasteiger partial charge < -0.3 is 20.2 Å². The van der Waals surface area contributed by atoms with E-state index in [0.29, 0.717) is 5.56 Å². The zero-order valence-corrected chi connectivity index (χ0v) is 11.5. The van der Waals surface area contributed by atoms with E-state index in [4.69, 9.17) is 14.9 Å². The van der Waals surface area contributed by atoms with Crippen molar-refractivity contribution in [3.8, 4) is 11.1 Å². The maximum absolute atomic E-state index is 12.2. The summed E-state index contributed by atoms with van der Waals surface area (Å²) < 4.78 is 9.88. The second-order valence-electron chi connectivity index (χ2n) is 4.48. The quantitative estimate of drug-likeness (QED) is 0.834. The van der Waals surface area contributed by atoms with Crippen molar-refractivity contribution in [3.05, 3.63) is 48.4 Å². The lowest BCUT2D eigenvalue weighted by Gasteiger charge is -2.14. The highest BCUT2D eigenvalue weighted by Gasteiger charge is 2.18. The lowest BCUT2D eigenvalue weighted by Crippen LogP contribution is -2.47. The minimum atomic E-state index is -0.861. The molecule has 0 fully saturated rings. The van der Waals surface area contributed by atoms with Gasteiger partial charge >= 0.3 is 0 Å². The van der Waals surface area contributed by atoms with Crippen molar-refractivity contribution in [2.24, 2.45) is 5.73 Å². The first kappa shape index (κ1) is 14.8. The van der Waals surface area contributed by atoms with Crippen LogP contribution in [-0.2, 0) is 9.53 Å². The van der Waals surface area contributed by atoms with Gasteiger partial charge in [-0.1, -0.05) is 12.1 Å². The number of rotatable bonds is 6. The fourth-order valence-corrected chi connectivity index (χ4v) is 1.87. The van der Waals surface area contributed by atoms with Gasteiger partial charge in [0.05, 0.1) is 19.1 Å². The topological polar surface area (TPSA) is 94.6 Å². The molecule has 0 saturated carbocycles. The minimum absolute atomic E-state index is 0.0303. The normalized spacial score (nSPS) is 11.9. The van der Waals surface area contributed by atoms with Crippen LogP contribution in [0.1, 0.15) is 10.4 Å². The fraction of sp³-hybridized carbons (Fsp3) is 0.200. The van der Waals surface area contributed by atoms with Gasteiger partial charge in [0, 0.05) is 18.2 Å². The molecule has 2 aromatic rings. The zero-order valence-electron chi connectivity index (χ0n) is 11.5. The number of hydrogen-bond donors (Lipinski definition) is 2. The summed E-state index contributed by atoms with van der Waals surface area (Å²) in [4.78, 5) is 23.4. The van der Waals surface area contributed by atoms with Gasteiger partial charge in [-0.3, -0.25) is 9.59 Å². The second-order valence-corrected chi connectivity index (χ2v) is 4.48. The largest absolute Gasteiger partial charge is 0.472 e. The average molecular weight is 288 g/mol. The molecule has 0 spiro atoms. The van der Waals surface area contributed by atoms with Crippen LogP contribution in [0.3, 0.4) is 0 Å². The number of nitrogens with two attached hydrogens (primary N) is 1. The number of carbonyl (C=O) groups is 2. The summed E-state index contributed by atoms with van der Waals surface area (Å²) in [5.74, 6) is -1.03. The molecule has 6 heteroatoms. The van der Waals surface area contributed by atoms with Crippen molar-refractivity contribution in [1.29, 1.82) is 0 Å². The van der Waals surface area contributed by atoms with Crippen molar-refractivity contribution in [1.82, 2.24) is 5.32 Å². The zero-order chi connectivity index (χ0) is 15.2. The number of benzene rings is 1. The summed E-state index contributed by atoms with van der Waals surface area (Å²) in [7, 11) is 1.43. The van der Waals surface area contributed by atoms with Gasteiger partial charge in [-0.25, -0.2) is 0 Å². The van der Waals surface area contributed by atoms with E-state index < -0.39 is 11.9 Å². The highest BCUT2D eigenvalue weighted by Crippen LogP contribution is 2.20. The summed E-state index contributed by atoms with van der Waals surface area (Å²) in [5, 5.41) is 2.54. The monoisotopic (exact) mass is 288 g/mol. The Morgan fingerprint density at radius 1 is 1.33 bits per heavy atom. The van der Waals surface area contributed by atoms with Crippen molar-refractivity contribution in [3.63, 3.8) is 0 Å². The number of nitrogens with one attached hydrogen (secondary N) is 1. The molecule has 1 unspecified atom stereocenters. The number of primary amides is 1. The average Bonchev–Trinajstić information content (AvgIpc) is 3.01. The van der Waals surface area contributed by atoms with Gasteiger partial charge in [-0.05, 0) is 23.8 Å². The minimum Gasteiger partial charge on any atom is -0.472 e. The van der Waals surface area contributed by atoms with Gasteiger partial charge in [0.15, 0.2) is 0 Å². The molecule has 1 aromatic carbocycles. The highest BCUT2D eigenvalue weighted by molar-refractivity contribution is 5.98. The number of amides is 2. The molecule has 0 aliphatic rings. The molecule has 0 saturated heterocycles. The Morgan fingerprint density at radius 3 is 2.76 bits per heavy atom. The molecular weight excluding hydrogens is 272 g/mol. The molecule has 0 aliphatic heterocycles.